The number of aliphatic imine (C=N–C) groups is 1. The van der Waals surface area contributed by atoms with Crippen molar-refractivity contribution in [1.29, 1.82) is 0 Å². The number of amides is 1. The predicted octanol–water partition coefficient (Wildman–Crippen LogP) is 5.32. The summed E-state index contributed by atoms with van der Waals surface area (Å²) >= 11 is 6.10. The summed E-state index contributed by atoms with van der Waals surface area (Å²) in [6, 6.07) is 14.0. The predicted molar refractivity (Wildman–Crippen MR) is 132 cm³/mol. The molecule has 32 heavy (non-hydrogen) atoms. The molecule has 1 aliphatic carbocycles. The average molecular weight is 453 g/mol. The van der Waals surface area contributed by atoms with Crippen LogP contribution < -0.4 is 5.32 Å². The van der Waals surface area contributed by atoms with Gasteiger partial charge in [0.25, 0.3) is 5.91 Å². The van der Waals surface area contributed by atoms with Gasteiger partial charge < -0.3 is 4.90 Å². The van der Waals surface area contributed by atoms with Crippen molar-refractivity contribution in [3.8, 4) is 0 Å². The van der Waals surface area contributed by atoms with Gasteiger partial charge in [-0.05, 0) is 68.1 Å². The summed E-state index contributed by atoms with van der Waals surface area (Å²) in [7, 11) is 0. The molecule has 2 fully saturated rings. The largest absolute Gasteiger partial charge is 0.340 e. The SMILES string of the molecule is Cc1cc(C)cc(N=C(NC(=O)c2cccc(Cl)c2)N2CCN(C3CCCCC3)CC2)c1. The third-order valence-electron chi connectivity index (χ3n) is 6.46. The fourth-order valence-corrected chi connectivity index (χ4v) is 5.05. The van der Waals surface area contributed by atoms with Crippen molar-refractivity contribution in [3.05, 3.63) is 64.2 Å². The molecule has 1 saturated carbocycles. The number of nitrogens with one attached hydrogen (secondary N) is 1. The molecule has 1 saturated heterocycles. The smallest absolute Gasteiger partial charge is 0.258 e. The maximum Gasteiger partial charge on any atom is 0.258 e. The highest BCUT2D eigenvalue weighted by Crippen LogP contribution is 2.24. The van der Waals surface area contributed by atoms with E-state index in [0.29, 0.717) is 22.6 Å². The van der Waals surface area contributed by atoms with Crippen molar-refractivity contribution in [2.24, 2.45) is 4.99 Å². The Kier molecular flexibility index (Phi) is 7.48. The topological polar surface area (TPSA) is 47.9 Å². The van der Waals surface area contributed by atoms with Gasteiger partial charge in [-0.3, -0.25) is 15.0 Å². The summed E-state index contributed by atoms with van der Waals surface area (Å²) in [6.45, 7) is 7.86. The lowest BCUT2D eigenvalue weighted by atomic mass is 9.94. The summed E-state index contributed by atoms with van der Waals surface area (Å²) in [5.41, 5.74) is 3.71. The van der Waals surface area contributed by atoms with E-state index in [4.69, 9.17) is 16.6 Å². The van der Waals surface area contributed by atoms with Crippen molar-refractivity contribution in [1.82, 2.24) is 15.1 Å². The van der Waals surface area contributed by atoms with Gasteiger partial charge in [0.1, 0.15) is 0 Å². The zero-order valence-corrected chi connectivity index (χ0v) is 19.9. The van der Waals surface area contributed by atoms with Gasteiger partial charge >= 0.3 is 0 Å². The highest BCUT2D eigenvalue weighted by atomic mass is 35.5. The summed E-state index contributed by atoms with van der Waals surface area (Å²) < 4.78 is 0. The molecule has 6 heteroatoms. The van der Waals surface area contributed by atoms with Crippen LogP contribution in [0.3, 0.4) is 0 Å². The number of hydrogen-bond donors (Lipinski definition) is 1. The van der Waals surface area contributed by atoms with Gasteiger partial charge in [-0.1, -0.05) is 43.0 Å². The van der Waals surface area contributed by atoms with Crippen molar-refractivity contribution in [2.45, 2.75) is 52.0 Å². The van der Waals surface area contributed by atoms with Crippen LogP contribution in [-0.4, -0.2) is 53.9 Å². The summed E-state index contributed by atoms with van der Waals surface area (Å²) in [5, 5.41) is 3.62. The van der Waals surface area contributed by atoms with Crippen LogP contribution in [0.15, 0.2) is 47.5 Å². The van der Waals surface area contributed by atoms with Crippen molar-refractivity contribution >= 4 is 29.2 Å². The lowest BCUT2D eigenvalue weighted by molar-refractivity contribution is 0.0943. The summed E-state index contributed by atoms with van der Waals surface area (Å²) in [4.78, 5) is 22.7. The van der Waals surface area contributed by atoms with Crippen molar-refractivity contribution < 1.29 is 4.79 Å². The molecule has 1 N–H and O–H groups in total. The van der Waals surface area contributed by atoms with Crippen LogP contribution in [0.2, 0.25) is 5.02 Å². The number of carbonyl (C=O) groups excluding carboxylic acids is 1. The van der Waals surface area contributed by atoms with Crippen LogP contribution in [-0.2, 0) is 0 Å². The Labute approximate surface area is 196 Å². The van der Waals surface area contributed by atoms with Gasteiger partial charge in [0.15, 0.2) is 0 Å². The quantitative estimate of drug-likeness (QED) is 0.506. The van der Waals surface area contributed by atoms with Crippen LogP contribution in [0.4, 0.5) is 5.69 Å². The molecule has 0 unspecified atom stereocenters. The lowest BCUT2D eigenvalue weighted by Crippen LogP contribution is -2.55. The maximum atomic E-state index is 13.0. The van der Waals surface area contributed by atoms with E-state index in [1.54, 1.807) is 24.3 Å². The number of benzene rings is 2. The Hall–Kier alpha value is -2.37. The van der Waals surface area contributed by atoms with Gasteiger partial charge in [-0.25, -0.2) is 4.99 Å². The molecule has 0 radical (unpaired) electrons. The third-order valence-corrected chi connectivity index (χ3v) is 6.69. The summed E-state index contributed by atoms with van der Waals surface area (Å²) in [5.74, 6) is 0.425. The number of carbonyl (C=O) groups is 1. The number of nitrogens with zero attached hydrogens (tertiary/aromatic N) is 3. The number of guanidine groups is 1. The van der Waals surface area contributed by atoms with Crippen molar-refractivity contribution in [3.63, 3.8) is 0 Å². The molecule has 0 atom stereocenters. The first-order valence-electron chi connectivity index (χ1n) is 11.7. The van der Waals surface area contributed by atoms with E-state index in [9.17, 15) is 4.79 Å². The first-order chi connectivity index (χ1) is 15.5. The average Bonchev–Trinajstić information content (AvgIpc) is 2.79. The number of rotatable bonds is 3. The Morgan fingerprint density at radius 3 is 2.31 bits per heavy atom. The van der Waals surface area contributed by atoms with Gasteiger partial charge in [0, 0.05) is 42.8 Å². The van der Waals surface area contributed by atoms with E-state index in [2.05, 4.69) is 47.2 Å². The highest BCUT2D eigenvalue weighted by molar-refractivity contribution is 6.31. The second-order valence-electron chi connectivity index (χ2n) is 9.06. The molecule has 0 bridgehead atoms. The molecule has 2 aromatic carbocycles. The molecule has 1 aliphatic heterocycles. The zero-order valence-electron chi connectivity index (χ0n) is 19.1. The lowest BCUT2D eigenvalue weighted by Gasteiger charge is -2.41. The molecule has 2 aliphatic rings. The zero-order chi connectivity index (χ0) is 22.5. The molecule has 1 heterocycles. The first-order valence-corrected chi connectivity index (χ1v) is 12.1. The minimum Gasteiger partial charge on any atom is -0.340 e. The van der Waals surface area contributed by atoms with Crippen LogP contribution in [0, 0.1) is 13.8 Å². The Bertz CT molecular complexity index is 955. The van der Waals surface area contributed by atoms with Gasteiger partial charge in [-0.15, -0.1) is 0 Å². The molecule has 0 spiro atoms. The van der Waals surface area contributed by atoms with Crippen LogP contribution in [0.1, 0.15) is 53.6 Å². The minimum atomic E-state index is -0.190. The fraction of sp³-hybridized carbons (Fsp3) is 0.462. The molecule has 0 aromatic heterocycles. The van der Waals surface area contributed by atoms with Gasteiger partial charge in [0.2, 0.25) is 5.96 Å². The molecular weight excluding hydrogens is 420 g/mol. The van der Waals surface area contributed by atoms with Gasteiger partial charge in [-0.2, -0.15) is 0 Å². The highest BCUT2D eigenvalue weighted by Gasteiger charge is 2.27. The Morgan fingerprint density at radius 1 is 0.969 bits per heavy atom. The van der Waals surface area contributed by atoms with E-state index >= 15 is 0 Å². The van der Waals surface area contributed by atoms with E-state index in [1.165, 1.54) is 32.1 Å². The summed E-state index contributed by atoms with van der Waals surface area (Å²) in [6.07, 6.45) is 6.70. The Morgan fingerprint density at radius 2 is 1.66 bits per heavy atom. The third kappa shape index (κ3) is 5.90. The molecule has 1 amide bonds. The normalized spacial score (nSPS) is 18.6. The second-order valence-corrected chi connectivity index (χ2v) is 9.50. The van der Waals surface area contributed by atoms with E-state index in [1.807, 2.05) is 0 Å². The molecule has 2 aromatic rings. The van der Waals surface area contributed by atoms with E-state index in [-0.39, 0.29) is 5.91 Å². The van der Waals surface area contributed by atoms with Crippen LogP contribution >= 0.6 is 11.6 Å². The molecule has 170 valence electrons. The minimum absolute atomic E-state index is 0.190. The number of halogens is 1. The van der Waals surface area contributed by atoms with Crippen molar-refractivity contribution in [2.75, 3.05) is 26.2 Å². The maximum absolute atomic E-state index is 13.0. The van der Waals surface area contributed by atoms with Gasteiger partial charge in [0.05, 0.1) is 5.69 Å². The van der Waals surface area contributed by atoms with E-state index < -0.39 is 0 Å². The van der Waals surface area contributed by atoms with Crippen LogP contribution in [0.5, 0.6) is 0 Å². The molecular formula is C26H33ClN4O. The second kappa shape index (κ2) is 10.5. The Balaban J connectivity index is 1.53. The number of aryl methyl sites for hydroxylation is 2. The number of piperazine rings is 1. The number of hydrogen-bond acceptors (Lipinski definition) is 3. The first kappa shape index (κ1) is 22.8. The van der Waals surface area contributed by atoms with E-state index in [0.717, 1.165) is 43.0 Å². The van der Waals surface area contributed by atoms with Crippen LogP contribution in [0.25, 0.3) is 0 Å². The monoisotopic (exact) mass is 452 g/mol. The molecule has 4 rings (SSSR count). The fourth-order valence-electron chi connectivity index (χ4n) is 4.86. The molecule has 5 nitrogen and oxygen atoms in total. The standard InChI is InChI=1S/C26H33ClN4O/c1-19-15-20(2)17-23(16-19)28-26(29-25(32)21-7-6-8-22(27)18-21)31-13-11-30(12-14-31)24-9-4-3-5-10-24/h6-8,15-18,24H,3-5,9-14H2,1-2H3,(H,28,29,32).